The van der Waals surface area contributed by atoms with Crippen molar-refractivity contribution in [3.05, 3.63) is 58.5 Å². The molecule has 19 heavy (non-hydrogen) atoms. The summed E-state index contributed by atoms with van der Waals surface area (Å²) in [4.78, 5) is 4.44. The molecule has 0 saturated carbocycles. The standard InChI is InChI=1S/C15H17FN2S/c1-10-5-11(2)18-15(6-10)19-9-13-7-12(8-17)3-4-14(13)16/h3-7H,8-9,17H2,1-2H3. The highest BCUT2D eigenvalue weighted by molar-refractivity contribution is 7.98. The Kier molecular flexibility index (Phi) is 4.56. The summed E-state index contributed by atoms with van der Waals surface area (Å²) in [6, 6.07) is 9.07. The third-order valence-corrected chi connectivity index (χ3v) is 3.76. The minimum atomic E-state index is -0.186. The molecule has 2 N–H and O–H groups in total. The van der Waals surface area contributed by atoms with Crippen molar-refractivity contribution in [1.29, 1.82) is 0 Å². The minimum absolute atomic E-state index is 0.186. The summed E-state index contributed by atoms with van der Waals surface area (Å²) in [5.74, 6) is 0.379. The van der Waals surface area contributed by atoms with Crippen LogP contribution in [0.1, 0.15) is 22.4 Å². The molecule has 0 saturated heterocycles. The second kappa shape index (κ2) is 6.17. The van der Waals surface area contributed by atoms with Gasteiger partial charge in [-0.3, -0.25) is 0 Å². The monoisotopic (exact) mass is 276 g/mol. The van der Waals surface area contributed by atoms with Crippen molar-refractivity contribution in [3.8, 4) is 0 Å². The summed E-state index contributed by atoms with van der Waals surface area (Å²) in [6.07, 6.45) is 0. The molecule has 0 fully saturated rings. The smallest absolute Gasteiger partial charge is 0.127 e. The van der Waals surface area contributed by atoms with Gasteiger partial charge in [-0.1, -0.05) is 12.1 Å². The van der Waals surface area contributed by atoms with E-state index in [1.165, 1.54) is 11.6 Å². The molecule has 2 rings (SSSR count). The van der Waals surface area contributed by atoms with Gasteiger partial charge in [0.25, 0.3) is 0 Å². The molecule has 1 aromatic carbocycles. The molecule has 100 valence electrons. The highest BCUT2D eigenvalue weighted by Crippen LogP contribution is 2.24. The Morgan fingerprint density at radius 2 is 2.00 bits per heavy atom. The number of rotatable bonds is 4. The molecule has 0 aliphatic carbocycles. The van der Waals surface area contributed by atoms with Gasteiger partial charge >= 0.3 is 0 Å². The number of benzene rings is 1. The topological polar surface area (TPSA) is 38.9 Å². The maximum atomic E-state index is 13.7. The molecule has 2 nitrogen and oxygen atoms in total. The van der Waals surface area contributed by atoms with E-state index in [1.54, 1.807) is 17.8 Å². The molecule has 2 aromatic rings. The molecule has 1 aromatic heterocycles. The molecule has 0 radical (unpaired) electrons. The lowest BCUT2D eigenvalue weighted by molar-refractivity contribution is 0.616. The first kappa shape index (κ1) is 14.0. The number of aromatic nitrogens is 1. The van der Waals surface area contributed by atoms with Crippen LogP contribution in [0.15, 0.2) is 35.4 Å². The van der Waals surface area contributed by atoms with Crippen LogP contribution in [0.5, 0.6) is 0 Å². The number of aryl methyl sites for hydroxylation is 2. The van der Waals surface area contributed by atoms with E-state index in [0.29, 0.717) is 17.9 Å². The Hall–Kier alpha value is -1.39. The second-order valence-electron chi connectivity index (χ2n) is 4.54. The predicted octanol–water partition coefficient (Wildman–Crippen LogP) is 3.59. The Morgan fingerprint density at radius 3 is 2.68 bits per heavy atom. The molecule has 0 atom stereocenters. The van der Waals surface area contributed by atoms with E-state index in [2.05, 4.69) is 4.98 Å². The lowest BCUT2D eigenvalue weighted by atomic mass is 10.1. The summed E-state index contributed by atoms with van der Waals surface area (Å²) in [5, 5.41) is 0.926. The number of nitrogens with zero attached hydrogens (tertiary/aromatic N) is 1. The zero-order chi connectivity index (χ0) is 13.8. The predicted molar refractivity (Wildman–Crippen MR) is 77.6 cm³/mol. The van der Waals surface area contributed by atoms with E-state index >= 15 is 0 Å². The summed E-state index contributed by atoms with van der Waals surface area (Å²) in [7, 11) is 0. The number of hydrogen-bond donors (Lipinski definition) is 1. The molecular formula is C15H17FN2S. The third kappa shape index (κ3) is 3.78. The van der Waals surface area contributed by atoms with Crippen LogP contribution in [-0.4, -0.2) is 4.98 Å². The molecular weight excluding hydrogens is 259 g/mol. The first-order valence-electron chi connectivity index (χ1n) is 6.14. The van der Waals surface area contributed by atoms with Crippen molar-refractivity contribution < 1.29 is 4.39 Å². The zero-order valence-electron chi connectivity index (χ0n) is 11.1. The fraction of sp³-hybridized carbons (Fsp3) is 0.267. The first-order valence-corrected chi connectivity index (χ1v) is 7.12. The lowest BCUT2D eigenvalue weighted by Crippen LogP contribution is -1.98. The van der Waals surface area contributed by atoms with Crippen LogP contribution in [0.25, 0.3) is 0 Å². The summed E-state index contributed by atoms with van der Waals surface area (Å²) in [6.45, 7) is 4.43. The van der Waals surface area contributed by atoms with Crippen LogP contribution in [0.4, 0.5) is 4.39 Å². The van der Waals surface area contributed by atoms with Crippen LogP contribution in [0.3, 0.4) is 0 Å². The van der Waals surface area contributed by atoms with Crippen molar-refractivity contribution in [2.24, 2.45) is 5.73 Å². The van der Waals surface area contributed by atoms with Gasteiger partial charge in [0.2, 0.25) is 0 Å². The van der Waals surface area contributed by atoms with Crippen LogP contribution in [0, 0.1) is 19.7 Å². The van der Waals surface area contributed by atoms with Crippen LogP contribution in [0.2, 0.25) is 0 Å². The van der Waals surface area contributed by atoms with Gasteiger partial charge in [0.15, 0.2) is 0 Å². The SMILES string of the molecule is Cc1cc(C)nc(SCc2cc(CN)ccc2F)c1. The fourth-order valence-corrected chi connectivity index (χ4v) is 2.90. The number of halogens is 1. The summed E-state index contributed by atoms with van der Waals surface area (Å²) in [5.41, 5.74) is 9.36. The second-order valence-corrected chi connectivity index (χ2v) is 5.54. The van der Waals surface area contributed by atoms with E-state index in [-0.39, 0.29) is 5.82 Å². The van der Waals surface area contributed by atoms with Crippen molar-refractivity contribution in [2.45, 2.75) is 31.2 Å². The van der Waals surface area contributed by atoms with Gasteiger partial charge in [0, 0.05) is 18.0 Å². The van der Waals surface area contributed by atoms with Crippen molar-refractivity contribution in [1.82, 2.24) is 4.98 Å². The van der Waals surface area contributed by atoms with Crippen molar-refractivity contribution in [3.63, 3.8) is 0 Å². The maximum absolute atomic E-state index is 13.7. The highest BCUT2D eigenvalue weighted by Gasteiger charge is 2.05. The Labute approximate surface area is 117 Å². The molecule has 0 spiro atoms. The van der Waals surface area contributed by atoms with Gasteiger partial charge in [-0.05, 0) is 48.7 Å². The van der Waals surface area contributed by atoms with Crippen LogP contribution >= 0.6 is 11.8 Å². The Balaban J connectivity index is 2.13. The molecule has 0 bridgehead atoms. The zero-order valence-corrected chi connectivity index (χ0v) is 11.9. The Bertz CT molecular complexity index is 564. The van der Waals surface area contributed by atoms with Gasteiger partial charge < -0.3 is 5.73 Å². The average Bonchev–Trinajstić information content (AvgIpc) is 2.37. The fourth-order valence-electron chi connectivity index (χ4n) is 1.90. The van der Waals surface area contributed by atoms with Gasteiger partial charge in [-0.2, -0.15) is 0 Å². The molecule has 1 heterocycles. The number of pyridine rings is 1. The van der Waals surface area contributed by atoms with Gasteiger partial charge in [-0.15, -0.1) is 11.8 Å². The number of nitrogens with two attached hydrogens (primary N) is 1. The summed E-state index contributed by atoms with van der Waals surface area (Å²) >= 11 is 1.54. The molecule has 4 heteroatoms. The van der Waals surface area contributed by atoms with Gasteiger partial charge in [0.1, 0.15) is 5.82 Å². The lowest BCUT2D eigenvalue weighted by Gasteiger charge is -2.07. The minimum Gasteiger partial charge on any atom is -0.326 e. The highest BCUT2D eigenvalue weighted by atomic mass is 32.2. The average molecular weight is 276 g/mol. The molecule has 0 amide bonds. The van der Waals surface area contributed by atoms with E-state index < -0.39 is 0 Å². The molecule has 0 aliphatic heterocycles. The quantitative estimate of drug-likeness (QED) is 0.867. The Morgan fingerprint density at radius 1 is 1.21 bits per heavy atom. The van der Waals surface area contributed by atoms with Crippen LogP contribution < -0.4 is 5.73 Å². The van der Waals surface area contributed by atoms with E-state index in [4.69, 9.17) is 5.73 Å². The largest absolute Gasteiger partial charge is 0.326 e. The number of thioether (sulfide) groups is 1. The normalized spacial score (nSPS) is 10.7. The maximum Gasteiger partial charge on any atom is 0.127 e. The van der Waals surface area contributed by atoms with E-state index in [1.807, 2.05) is 32.0 Å². The summed E-state index contributed by atoms with van der Waals surface area (Å²) < 4.78 is 13.7. The van der Waals surface area contributed by atoms with E-state index in [0.717, 1.165) is 16.3 Å². The van der Waals surface area contributed by atoms with Gasteiger partial charge in [0.05, 0.1) is 5.03 Å². The molecule has 0 aliphatic rings. The number of hydrogen-bond acceptors (Lipinski definition) is 3. The van der Waals surface area contributed by atoms with E-state index in [9.17, 15) is 4.39 Å². The first-order chi connectivity index (χ1) is 9.08. The molecule has 0 unspecified atom stereocenters. The van der Waals surface area contributed by atoms with Crippen LogP contribution in [-0.2, 0) is 12.3 Å². The third-order valence-electron chi connectivity index (χ3n) is 2.80. The van der Waals surface area contributed by atoms with Crippen molar-refractivity contribution in [2.75, 3.05) is 0 Å². The van der Waals surface area contributed by atoms with Gasteiger partial charge in [-0.25, -0.2) is 9.37 Å². The van der Waals surface area contributed by atoms with Crippen molar-refractivity contribution >= 4 is 11.8 Å².